The van der Waals surface area contributed by atoms with Crippen LogP contribution in [0.5, 0.6) is 5.75 Å². The predicted molar refractivity (Wildman–Crippen MR) is 90.5 cm³/mol. The zero-order valence-corrected chi connectivity index (χ0v) is 12.9. The van der Waals surface area contributed by atoms with Crippen LogP contribution >= 0.6 is 0 Å². The minimum absolute atomic E-state index is 0.0175. The second-order valence-electron chi connectivity index (χ2n) is 5.50. The monoisotopic (exact) mass is 294 g/mol. The van der Waals surface area contributed by atoms with Crippen molar-refractivity contribution >= 4 is 28.0 Å². The van der Waals surface area contributed by atoms with Crippen LogP contribution in [0.2, 0.25) is 0 Å². The molecule has 0 radical (unpaired) electrons. The van der Waals surface area contributed by atoms with Crippen LogP contribution < -0.4 is 5.43 Å². The van der Waals surface area contributed by atoms with Crippen LogP contribution in [-0.2, 0) is 0 Å². The van der Waals surface area contributed by atoms with Gasteiger partial charge in [0.2, 0.25) is 5.43 Å². The lowest BCUT2D eigenvalue weighted by Gasteiger charge is -2.08. The molecule has 1 N–H and O–H groups in total. The van der Waals surface area contributed by atoms with E-state index in [1.807, 2.05) is 39.0 Å². The molecule has 112 valence electrons. The fraction of sp³-hybridized carbons (Fsp3) is 0.211. The zero-order chi connectivity index (χ0) is 15.9. The topological polar surface area (TPSA) is 50.4 Å². The first-order valence-electron chi connectivity index (χ1n) is 7.39. The Kier molecular flexibility index (Phi) is 3.49. The van der Waals surface area contributed by atoms with E-state index in [2.05, 4.69) is 0 Å². The molecule has 3 aromatic rings. The van der Waals surface area contributed by atoms with Gasteiger partial charge in [-0.1, -0.05) is 25.1 Å². The fourth-order valence-corrected chi connectivity index (χ4v) is 2.62. The average molecular weight is 294 g/mol. The third-order valence-corrected chi connectivity index (χ3v) is 4.06. The molecule has 1 heterocycles. The number of aromatic hydroxyl groups is 1. The van der Waals surface area contributed by atoms with Crippen molar-refractivity contribution in [3.63, 3.8) is 0 Å². The van der Waals surface area contributed by atoms with Crippen LogP contribution in [0.4, 0.5) is 0 Å². The highest BCUT2D eigenvalue weighted by molar-refractivity contribution is 5.96. The summed E-state index contributed by atoms with van der Waals surface area (Å²) in [7, 11) is 0. The molecular weight excluding hydrogens is 276 g/mol. The van der Waals surface area contributed by atoms with E-state index < -0.39 is 0 Å². The number of hydrogen-bond acceptors (Lipinski definition) is 3. The molecule has 0 unspecified atom stereocenters. The van der Waals surface area contributed by atoms with Gasteiger partial charge >= 0.3 is 0 Å². The van der Waals surface area contributed by atoms with Crippen molar-refractivity contribution in [2.75, 3.05) is 0 Å². The average Bonchev–Trinajstić information content (AvgIpc) is 2.51. The van der Waals surface area contributed by atoms with E-state index in [-0.39, 0.29) is 16.6 Å². The van der Waals surface area contributed by atoms with Crippen molar-refractivity contribution in [2.24, 2.45) is 0 Å². The van der Waals surface area contributed by atoms with E-state index in [0.717, 1.165) is 17.5 Å². The Labute approximate surface area is 128 Å². The zero-order valence-electron chi connectivity index (χ0n) is 12.9. The molecule has 3 nitrogen and oxygen atoms in total. The first kappa shape index (κ1) is 14.4. The van der Waals surface area contributed by atoms with Crippen LogP contribution in [0.3, 0.4) is 0 Å². The molecule has 0 spiro atoms. The molecular formula is C19H18O3. The van der Waals surface area contributed by atoms with Crippen molar-refractivity contribution in [3.8, 4) is 5.75 Å². The maximum atomic E-state index is 12.8. The first-order valence-corrected chi connectivity index (χ1v) is 7.39. The number of fused-ring (bicyclic) bond motifs is 2. The summed E-state index contributed by atoms with van der Waals surface area (Å²) in [5.74, 6) is -0.0175. The number of benzene rings is 2. The molecule has 3 rings (SSSR count). The van der Waals surface area contributed by atoms with Crippen molar-refractivity contribution in [3.05, 3.63) is 57.3 Å². The minimum atomic E-state index is -0.191. The second-order valence-corrected chi connectivity index (χ2v) is 5.50. The number of rotatable bonds is 2. The van der Waals surface area contributed by atoms with Gasteiger partial charge in [0.1, 0.15) is 22.3 Å². The number of aryl methyl sites for hydroxylation is 2. The van der Waals surface area contributed by atoms with E-state index in [0.29, 0.717) is 22.1 Å². The summed E-state index contributed by atoms with van der Waals surface area (Å²) in [4.78, 5) is 12.8. The van der Waals surface area contributed by atoms with E-state index in [1.54, 1.807) is 18.2 Å². The van der Waals surface area contributed by atoms with Crippen molar-refractivity contribution < 1.29 is 9.52 Å². The van der Waals surface area contributed by atoms with Crippen molar-refractivity contribution in [1.82, 2.24) is 0 Å². The third kappa shape index (κ3) is 2.10. The minimum Gasteiger partial charge on any atom is -0.506 e. The Balaban J connectivity index is 2.45. The van der Waals surface area contributed by atoms with Gasteiger partial charge in [-0.05, 0) is 49.6 Å². The number of hydrogen-bond donors (Lipinski definition) is 1. The molecule has 1 aromatic heterocycles. The standard InChI is InChI=1S/C19H18O3/c1-4-5-6-13-8-10-15-16(17(13)20)18(21)14-9-7-11(2)12(3)19(14)22-15/h5-10,20H,4H2,1-3H3. The molecule has 0 atom stereocenters. The van der Waals surface area contributed by atoms with Gasteiger partial charge in [0.15, 0.2) is 0 Å². The van der Waals surface area contributed by atoms with E-state index in [1.165, 1.54) is 0 Å². The number of phenols is 1. The highest BCUT2D eigenvalue weighted by Crippen LogP contribution is 2.31. The molecule has 3 heteroatoms. The highest BCUT2D eigenvalue weighted by atomic mass is 16.3. The normalized spacial score (nSPS) is 11.8. The van der Waals surface area contributed by atoms with Crippen molar-refractivity contribution in [2.45, 2.75) is 27.2 Å². The van der Waals surface area contributed by atoms with Crippen LogP contribution in [0.1, 0.15) is 30.0 Å². The predicted octanol–water partition coefficient (Wildman–Crippen LogP) is 4.69. The molecule has 2 aromatic carbocycles. The summed E-state index contributed by atoms with van der Waals surface area (Å²) in [6.07, 6.45) is 4.62. The molecule has 0 aliphatic rings. The lowest BCUT2D eigenvalue weighted by atomic mass is 10.0. The summed E-state index contributed by atoms with van der Waals surface area (Å²) < 4.78 is 5.89. The lowest BCUT2D eigenvalue weighted by molar-refractivity contribution is 0.479. The Morgan fingerprint density at radius 1 is 1.18 bits per heavy atom. The van der Waals surface area contributed by atoms with Crippen LogP contribution in [0, 0.1) is 13.8 Å². The molecule has 0 bridgehead atoms. The maximum Gasteiger partial charge on any atom is 0.204 e. The maximum absolute atomic E-state index is 12.8. The van der Waals surface area contributed by atoms with E-state index in [4.69, 9.17) is 4.42 Å². The quantitative estimate of drug-likeness (QED) is 0.697. The van der Waals surface area contributed by atoms with Gasteiger partial charge in [0.25, 0.3) is 0 Å². The van der Waals surface area contributed by atoms with Crippen LogP contribution in [0.15, 0.2) is 39.6 Å². The summed E-state index contributed by atoms with van der Waals surface area (Å²) in [6.45, 7) is 5.93. The largest absolute Gasteiger partial charge is 0.506 e. The fourth-order valence-electron chi connectivity index (χ4n) is 2.62. The number of phenolic OH excluding ortho intramolecular Hbond substituents is 1. The van der Waals surface area contributed by atoms with Gasteiger partial charge in [0, 0.05) is 5.56 Å². The second kappa shape index (κ2) is 5.34. The third-order valence-electron chi connectivity index (χ3n) is 4.06. The van der Waals surface area contributed by atoms with Gasteiger partial charge in [0.05, 0.1) is 5.39 Å². The first-order chi connectivity index (χ1) is 10.5. The van der Waals surface area contributed by atoms with E-state index in [9.17, 15) is 9.90 Å². The van der Waals surface area contributed by atoms with Gasteiger partial charge in [-0.15, -0.1) is 0 Å². The lowest BCUT2D eigenvalue weighted by Crippen LogP contribution is -2.04. The summed E-state index contributed by atoms with van der Waals surface area (Å²) in [6, 6.07) is 7.17. The molecule has 22 heavy (non-hydrogen) atoms. The molecule has 0 fully saturated rings. The molecule has 0 aliphatic carbocycles. The Bertz CT molecular complexity index is 962. The molecule has 0 saturated heterocycles. The van der Waals surface area contributed by atoms with Gasteiger partial charge in [-0.2, -0.15) is 0 Å². The van der Waals surface area contributed by atoms with Crippen LogP contribution in [-0.4, -0.2) is 5.11 Å². The molecule has 0 saturated carbocycles. The molecule has 0 amide bonds. The van der Waals surface area contributed by atoms with E-state index >= 15 is 0 Å². The Hall–Kier alpha value is -2.55. The van der Waals surface area contributed by atoms with Gasteiger partial charge < -0.3 is 9.52 Å². The molecule has 0 aliphatic heterocycles. The summed E-state index contributed by atoms with van der Waals surface area (Å²) >= 11 is 0. The Morgan fingerprint density at radius 2 is 1.95 bits per heavy atom. The van der Waals surface area contributed by atoms with Gasteiger partial charge in [-0.3, -0.25) is 4.79 Å². The number of allylic oxidation sites excluding steroid dienone is 1. The van der Waals surface area contributed by atoms with Crippen LogP contribution in [0.25, 0.3) is 28.0 Å². The van der Waals surface area contributed by atoms with Crippen molar-refractivity contribution in [1.29, 1.82) is 0 Å². The SMILES string of the molecule is CCC=Cc1ccc2oc3c(C)c(C)ccc3c(=O)c2c1O. The van der Waals surface area contributed by atoms with Gasteiger partial charge in [-0.25, -0.2) is 0 Å². The Morgan fingerprint density at radius 3 is 2.68 bits per heavy atom. The summed E-state index contributed by atoms with van der Waals surface area (Å²) in [5, 5.41) is 11.2. The smallest absolute Gasteiger partial charge is 0.204 e. The summed E-state index contributed by atoms with van der Waals surface area (Å²) in [5.41, 5.74) is 3.46. The highest BCUT2D eigenvalue weighted by Gasteiger charge is 2.15.